The van der Waals surface area contributed by atoms with Crippen LogP contribution >= 0.6 is 11.6 Å². The number of aryl methyl sites for hydroxylation is 1. The summed E-state index contributed by atoms with van der Waals surface area (Å²) < 4.78 is 0. The molecule has 0 aliphatic heterocycles. The number of hydrogen-bond acceptors (Lipinski definition) is 3. The fraction of sp³-hybridized carbons (Fsp3) is 0.188. The maximum Gasteiger partial charge on any atom is 0.274 e. The first-order chi connectivity index (χ1) is 10.5. The number of hydrogen-bond donors (Lipinski definition) is 1. The molecule has 2 rings (SSSR count). The van der Waals surface area contributed by atoms with Crippen molar-refractivity contribution in [3.05, 3.63) is 68.7 Å². The summed E-state index contributed by atoms with van der Waals surface area (Å²) in [5.41, 5.74) is 1.92. The lowest BCUT2D eigenvalue weighted by molar-refractivity contribution is -0.385. The van der Waals surface area contributed by atoms with Gasteiger partial charge in [0.2, 0.25) is 5.91 Å². The SMILES string of the molecule is Cc1c(NC(=O)CCc2ccc(Cl)cc2)cccc1[N+](=O)[O-]. The number of carbonyl (C=O) groups is 1. The number of anilines is 1. The van der Waals surface area contributed by atoms with Gasteiger partial charge in [-0.15, -0.1) is 0 Å². The minimum Gasteiger partial charge on any atom is -0.326 e. The van der Waals surface area contributed by atoms with E-state index in [0.29, 0.717) is 29.1 Å². The van der Waals surface area contributed by atoms with Gasteiger partial charge in [-0.1, -0.05) is 29.8 Å². The lowest BCUT2D eigenvalue weighted by Gasteiger charge is -2.08. The number of nitro groups is 1. The van der Waals surface area contributed by atoms with Gasteiger partial charge in [0.1, 0.15) is 0 Å². The van der Waals surface area contributed by atoms with Crippen LogP contribution in [0.2, 0.25) is 5.02 Å². The molecule has 0 fully saturated rings. The second-order valence-corrected chi connectivity index (χ2v) is 5.32. The topological polar surface area (TPSA) is 72.2 Å². The first-order valence-corrected chi connectivity index (χ1v) is 7.13. The number of nitro benzene ring substituents is 1. The number of carbonyl (C=O) groups excluding carboxylic acids is 1. The van der Waals surface area contributed by atoms with Gasteiger partial charge in [-0.05, 0) is 37.1 Å². The van der Waals surface area contributed by atoms with Crippen molar-refractivity contribution in [3.8, 4) is 0 Å². The third-order valence-corrected chi connectivity index (χ3v) is 3.58. The van der Waals surface area contributed by atoms with E-state index in [2.05, 4.69) is 5.32 Å². The van der Waals surface area contributed by atoms with Crippen LogP contribution in [0.5, 0.6) is 0 Å². The normalized spacial score (nSPS) is 10.3. The highest BCUT2D eigenvalue weighted by Crippen LogP contribution is 2.25. The smallest absolute Gasteiger partial charge is 0.274 e. The third kappa shape index (κ3) is 4.05. The van der Waals surface area contributed by atoms with E-state index < -0.39 is 4.92 Å². The molecule has 6 heteroatoms. The standard InChI is InChI=1S/C16H15ClN2O3/c1-11-14(3-2-4-15(11)19(21)22)18-16(20)10-7-12-5-8-13(17)9-6-12/h2-6,8-9H,7,10H2,1H3,(H,18,20). The van der Waals surface area contributed by atoms with Crippen molar-refractivity contribution >= 4 is 28.9 Å². The van der Waals surface area contributed by atoms with Gasteiger partial charge in [-0.25, -0.2) is 0 Å². The van der Waals surface area contributed by atoms with Gasteiger partial charge in [0.05, 0.1) is 16.2 Å². The van der Waals surface area contributed by atoms with Crippen molar-refractivity contribution in [1.82, 2.24) is 0 Å². The first-order valence-electron chi connectivity index (χ1n) is 6.75. The summed E-state index contributed by atoms with van der Waals surface area (Å²) in [6.45, 7) is 1.62. The minimum atomic E-state index is -0.460. The second-order valence-electron chi connectivity index (χ2n) is 4.88. The Balaban J connectivity index is 1.99. The maximum atomic E-state index is 12.0. The Morgan fingerprint density at radius 1 is 1.23 bits per heavy atom. The zero-order valence-corrected chi connectivity index (χ0v) is 12.8. The number of rotatable bonds is 5. The molecule has 1 amide bonds. The molecule has 2 aromatic rings. The molecular weight excluding hydrogens is 304 g/mol. The number of benzene rings is 2. The van der Waals surface area contributed by atoms with Gasteiger partial charge in [-0.3, -0.25) is 14.9 Å². The van der Waals surface area contributed by atoms with E-state index in [0.717, 1.165) is 5.56 Å². The van der Waals surface area contributed by atoms with E-state index in [1.54, 1.807) is 31.2 Å². The molecule has 1 N–H and O–H groups in total. The van der Waals surface area contributed by atoms with Crippen molar-refractivity contribution in [3.63, 3.8) is 0 Å². The summed E-state index contributed by atoms with van der Waals surface area (Å²) in [5, 5.41) is 14.3. The highest BCUT2D eigenvalue weighted by Gasteiger charge is 2.14. The van der Waals surface area contributed by atoms with E-state index in [1.807, 2.05) is 12.1 Å². The Kier molecular flexibility index (Phi) is 5.12. The summed E-state index contributed by atoms with van der Waals surface area (Å²) in [4.78, 5) is 22.4. The predicted octanol–water partition coefficient (Wildman–Crippen LogP) is 4.13. The number of amides is 1. The Morgan fingerprint density at radius 3 is 2.55 bits per heavy atom. The van der Waals surface area contributed by atoms with Crippen LogP contribution in [0.15, 0.2) is 42.5 Å². The molecule has 0 saturated heterocycles. The monoisotopic (exact) mass is 318 g/mol. The molecule has 2 aromatic carbocycles. The molecule has 0 heterocycles. The van der Waals surface area contributed by atoms with Gasteiger partial charge < -0.3 is 5.32 Å². The molecule has 0 radical (unpaired) electrons. The van der Waals surface area contributed by atoms with Crippen molar-refractivity contribution in [2.24, 2.45) is 0 Å². The molecule has 0 aliphatic carbocycles. The van der Waals surface area contributed by atoms with E-state index in [-0.39, 0.29) is 11.6 Å². The number of nitrogens with one attached hydrogen (secondary N) is 1. The van der Waals surface area contributed by atoms with Crippen LogP contribution < -0.4 is 5.32 Å². The zero-order chi connectivity index (χ0) is 16.1. The highest BCUT2D eigenvalue weighted by atomic mass is 35.5. The Bertz CT molecular complexity index is 699. The van der Waals surface area contributed by atoms with Crippen LogP contribution in [0.1, 0.15) is 17.5 Å². The maximum absolute atomic E-state index is 12.0. The van der Waals surface area contributed by atoms with E-state index in [4.69, 9.17) is 11.6 Å². The Labute approximate surface area is 133 Å². The Hall–Kier alpha value is -2.40. The predicted molar refractivity (Wildman–Crippen MR) is 86.2 cm³/mol. The molecule has 0 aliphatic rings. The molecule has 114 valence electrons. The van der Waals surface area contributed by atoms with Gasteiger partial charge in [0, 0.05) is 17.5 Å². The lowest BCUT2D eigenvalue weighted by Crippen LogP contribution is -2.13. The van der Waals surface area contributed by atoms with Gasteiger partial charge >= 0.3 is 0 Å². The largest absolute Gasteiger partial charge is 0.326 e. The average molecular weight is 319 g/mol. The molecule has 0 spiro atoms. The number of halogens is 1. The van der Waals surface area contributed by atoms with Crippen molar-refractivity contribution in [2.75, 3.05) is 5.32 Å². The first kappa shape index (κ1) is 16.0. The summed E-state index contributed by atoms with van der Waals surface area (Å²) in [6, 6.07) is 11.9. The van der Waals surface area contributed by atoms with Crippen molar-refractivity contribution in [2.45, 2.75) is 19.8 Å². The van der Waals surface area contributed by atoms with Crippen LogP contribution in [0.4, 0.5) is 11.4 Å². The highest BCUT2D eigenvalue weighted by molar-refractivity contribution is 6.30. The molecule has 0 saturated carbocycles. The van der Waals surface area contributed by atoms with Crippen LogP contribution in [0, 0.1) is 17.0 Å². The van der Waals surface area contributed by atoms with Crippen molar-refractivity contribution in [1.29, 1.82) is 0 Å². The van der Waals surface area contributed by atoms with Crippen LogP contribution in [0.25, 0.3) is 0 Å². The molecule has 5 nitrogen and oxygen atoms in total. The minimum absolute atomic E-state index is 0.00417. The lowest BCUT2D eigenvalue weighted by atomic mass is 10.1. The summed E-state index contributed by atoms with van der Waals surface area (Å²) in [6.07, 6.45) is 0.876. The number of nitrogens with zero attached hydrogens (tertiary/aromatic N) is 1. The van der Waals surface area contributed by atoms with Gasteiger partial charge in [0.15, 0.2) is 0 Å². The Morgan fingerprint density at radius 2 is 1.91 bits per heavy atom. The quantitative estimate of drug-likeness (QED) is 0.665. The molecule has 22 heavy (non-hydrogen) atoms. The molecule has 0 unspecified atom stereocenters. The summed E-state index contributed by atoms with van der Waals surface area (Å²) in [7, 11) is 0. The summed E-state index contributed by atoms with van der Waals surface area (Å²) >= 11 is 5.81. The van der Waals surface area contributed by atoms with Crippen molar-refractivity contribution < 1.29 is 9.72 Å². The zero-order valence-electron chi connectivity index (χ0n) is 12.0. The van der Waals surface area contributed by atoms with E-state index >= 15 is 0 Å². The third-order valence-electron chi connectivity index (χ3n) is 3.33. The van der Waals surface area contributed by atoms with Gasteiger partial charge in [-0.2, -0.15) is 0 Å². The summed E-state index contributed by atoms with van der Waals surface area (Å²) in [5.74, 6) is -0.182. The molecular formula is C16H15ClN2O3. The van der Waals surface area contributed by atoms with Gasteiger partial charge in [0.25, 0.3) is 5.69 Å². The second kappa shape index (κ2) is 7.04. The molecule has 0 aromatic heterocycles. The van der Waals surface area contributed by atoms with Crippen LogP contribution in [-0.2, 0) is 11.2 Å². The van der Waals surface area contributed by atoms with Crippen LogP contribution in [-0.4, -0.2) is 10.8 Å². The average Bonchev–Trinajstić information content (AvgIpc) is 2.48. The van der Waals surface area contributed by atoms with E-state index in [1.165, 1.54) is 6.07 Å². The fourth-order valence-corrected chi connectivity index (χ4v) is 2.20. The van der Waals surface area contributed by atoms with Crippen LogP contribution in [0.3, 0.4) is 0 Å². The fourth-order valence-electron chi connectivity index (χ4n) is 2.08. The van der Waals surface area contributed by atoms with E-state index in [9.17, 15) is 14.9 Å². The molecule has 0 atom stereocenters. The molecule has 0 bridgehead atoms.